The molecule has 1 aromatic carbocycles. The minimum atomic E-state index is 0.485. The fourth-order valence-electron chi connectivity index (χ4n) is 1.54. The summed E-state index contributed by atoms with van der Waals surface area (Å²) in [5.41, 5.74) is 2.14. The maximum Gasteiger partial charge on any atom is 0.119 e. The van der Waals surface area contributed by atoms with Gasteiger partial charge in [0.2, 0.25) is 0 Å². The molecule has 5 heteroatoms. The lowest BCUT2D eigenvalue weighted by atomic mass is 10.2. The summed E-state index contributed by atoms with van der Waals surface area (Å²) in [7, 11) is 1.66. The van der Waals surface area contributed by atoms with Crippen LogP contribution in [0.5, 0.6) is 5.75 Å². The highest BCUT2D eigenvalue weighted by molar-refractivity contribution is 9.10. The van der Waals surface area contributed by atoms with Crippen LogP contribution in [0.4, 0.5) is 0 Å². The molecule has 0 aliphatic heterocycles. The number of ether oxygens (including phenoxy) is 1. The van der Waals surface area contributed by atoms with Crippen LogP contribution in [-0.4, -0.2) is 16.9 Å². The van der Waals surface area contributed by atoms with E-state index in [1.165, 1.54) is 0 Å². The van der Waals surface area contributed by atoms with E-state index in [4.69, 9.17) is 16.3 Å². The van der Waals surface area contributed by atoms with Crippen molar-refractivity contribution in [1.82, 2.24) is 9.78 Å². The molecule has 2 rings (SSSR count). The predicted molar refractivity (Wildman–Crippen MR) is 71.6 cm³/mol. The molecule has 17 heavy (non-hydrogen) atoms. The third kappa shape index (κ3) is 3.01. The van der Waals surface area contributed by atoms with Crippen molar-refractivity contribution in [3.8, 4) is 5.75 Å². The third-order valence-corrected chi connectivity index (χ3v) is 3.51. The molecular weight excluding hydrogens is 304 g/mol. The van der Waals surface area contributed by atoms with Gasteiger partial charge in [-0.05, 0) is 23.8 Å². The number of halogens is 2. The molecule has 2 aromatic rings. The predicted octanol–water partition coefficient (Wildman–Crippen LogP) is 3.44. The molecule has 0 radical (unpaired) electrons. The number of hydrogen-bond donors (Lipinski definition) is 0. The van der Waals surface area contributed by atoms with E-state index in [2.05, 4.69) is 21.0 Å². The van der Waals surface area contributed by atoms with E-state index in [1.807, 2.05) is 29.1 Å². The molecule has 1 aromatic heterocycles. The Morgan fingerprint density at radius 1 is 1.47 bits per heavy atom. The summed E-state index contributed by atoms with van der Waals surface area (Å²) >= 11 is 9.26. The Labute approximate surface area is 113 Å². The topological polar surface area (TPSA) is 27.1 Å². The van der Waals surface area contributed by atoms with E-state index in [0.29, 0.717) is 12.4 Å². The number of nitrogens with zero attached hydrogens (tertiary/aromatic N) is 2. The largest absolute Gasteiger partial charge is 0.497 e. The van der Waals surface area contributed by atoms with E-state index < -0.39 is 0 Å². The molecule has 0 spiro atoms. The smallest absolute Gasteiger partial charge is 0.119 e. The zero-order chi connectivity index (χ0) is 12.3. The van der Waals surface area contributed by atoms with Gasteiger partial charge in [-0.25, -0.2) is 0 Å². The van der Waals surface area contributed by atoms with Gasteiger partial charge in [-0.15, -0.1) is 11.6 Å². The first kappa shape index (κ1) is 12.5. The van der Waals surface area contributed by atoms with Crippen LogP contribution in [0.15, 0.2) is 35.1 Å². The summed E-state index contributed by atoms with van der Waals surface area (Å²) in [5, 5.41) is 4.25. The van der Waals surface area contributed by atoms with Gasteiger partial charge >= 0.3 is 0 Å². The van der Waals surface area contributed by atoms with Crippen LogP contribution in [0.2, 0.25) is 0 Å². The van der Waals surface area contributed by atoms with Gasteiger partial charge in [-0.1, -0.05) is 15.9 Å². The first-order valence-electron chi connectivity index (χ1n) is 5.12. The summed E-state index contributed by atoms with van der Waals surface area (Å²) in [5.74, 6) is 1.33. The SMILES string of the molecule is COc1ccc(Br)c(Cn2cc(CCl)cn2)c1. The summed E-state index contributed by atoms with van der Waals surface area (Å²) < 4.78 is 8.10. The molecule has 0 amide bonds. The monoisotopic (exact) mass is 314 g/mol. The number of rotatable bonds is 4. The van der Waals surface area contributed by atoms with Crippen molar-refractivity contribution in [2.24, 2.45) is 0 Å². The molecule has 0 N–H and O–H groups in total. The van der Waals surface area contributed by atoms with Gasteiger partial charge in [0.05, 0.1) is 25.7 Å². The van der Waals surface area contributed by atoms with Crippen molar-refractivity contribution in [3.63, 3.8) is 0 Å². The minimum Gasteiger partial charge on any atom is -0.497 e. The van der Waals surface area contributed by atoms with Crippen molar-refractivity contribution < 1.29 is 4.74 Å². The average Bonchev–Trinajstić information content (AvgIpc) is 2.80. The Hall–Kier alpha value is -1.00. The quantitative estimate of drug-likeness (QED) is 0.808. The van der Waals surface area contributed by atoms with Gasteiger partial charge < -0.3 is 4.74 Å². The molecule has 0 bridgehead atoms. The average molecular weight is 316 g/mol. The lowest BCUT2D eigenvalue weighted by Gasteiger charge is -2.07. The highest BCUT2D eigenvalue weighted by Crippen LogP contribution is 2.23. The second-order valence-corrected chi connectivity index (χ2v) is 4.76. The van der Waals surface area contributed by atoms with E-state index in [0.717, 1.165) is 21.3 Å². The first-order chi connectivity index (χ1) is 8.22. The van der Waals surface area contributed by atoms with Crippen LogP contribution in [0.25, 0.3) is 0 Å². The molecule has 0 aliphatic rings. The Bertz CT molecular complexity index is 513. The van der Waals surface area contributed by atoms with Crippen LogP contribution in [0.1, 0.15) is 11.1 Å². The maximum atomic E-state index is 5.74. The summed E-state index contributed by atoms with van der Waals surface area (Å²) in [4.78, 5) is 0. The Morgan fingerprint density at radius 3 is 2.94 bits per heavy atom. The van der Waals surface area contributed by atoms with Gasteiger partial charge in [0.1, 0.15) is 5.75 Å². The number of aromatic nitrogens is 2. The van der Waals surface area contributed by atoms with Gasteiger partial charge in [-0.2, -0.15) is 5.10 Å². The number of alkyl halides is 1. The molecule has 0 fully saturated rings. The Kier molecular flexibility index (Phi) is 4.07. The summed E-state index contributed by atoms with van der Waals surface area (Å²) in [6, 6.07) is 5.88. The van der Waals surface area contributed by atoms with Gasteiger partial charge in [0.25, 0.3) is 0 Å². The lowest BCUT2D eigenvalue weighted by molar-refractivity contribution is 0.414. The summed E-state index contributed by atoms with van der Waals surface area (Å²) in [6.07, 6.45) is 3.72. The Balaban J connectivity index is 2.22. The zero-order valence-electron chi connectivity index (χ0n) is 9.36. The molecule has 1 heterocycles. The van der Waals surface area contributed by atoms with Crippen molar-refractivity contribution in [2.75, 3.05) is 7.11 Å². The molecule has 90 valence electrons. The standard InChI is InChI=1S/C12H12BrClN2O/c1-17-11-2-3-12(13)10(4-11)8-16-7-9(5-14)6-15-16/h2-4,6-7H,5,8H2,1H3. The number of hydrogen-bond acceptors (Lipinski definition) is 2. The highest BCUT2D eigenvalue weighted by Gasteiger charge is 2.04. The molecule has 0 atom stereocenters. The van der Waals surface area contributed by atoms with E-state index in [1.54, 1.807) is 13.3 Å². The van der Waals surface area contributed by atoms with E-state index >= 15 is 0 Å². The van der Waals surface area contributed by atoms with Crippen LogP contribution >= 0.6 is 27.5 Å². The maximum absolute atomic E-state index is 5.74. The molecule has 0 saturated heterocycles. The number of benzene rings is 1. The number of methoxy groups -OCH3 is 1. The van der Waals surface area contributed by atoms with Crippen LogP contribution in [0.3, 0.4) is 0 Å². The van der Waals surface area contributed by atoms with Crippen molar-refractivity contribution in [2.45, 2.75) is 12.4 Å². The van der Waals surface area contributed by atoms with Crippen LogP contribution < -0.4 is 4.74 Å². The fourth-order valence-corrected chi connectivity index (χ4v) is 2.05. The molecule has 0 unspecified atom stereocenters. The fraction of sp³-hybridized carbons (Fsp3) is 0.250. The molecular formula is C12H12BrClN2O. The molecule has 0 saturated carbocycles. The Morgan fingerprint density at radius 2 is 2.29 bits per heavy atom. The lowest BCUT2D eigenvalue weighted by Crippen LogP contribution is -2.01. The summed E-state index contributed by atoms with van der Waals surface area (Å²) in [6.45, 7) is 0.689. The van der Waals surface area contributed by atoms with Crippen molar-refractivity contribution in [1.29, 1.82) is 0 Å². The second kappa shape index (κ2) is 5.56. The van der Waals surface area contributed by atoms with Crippen molar-refractivity contribution in [3.05, 3.63) is 46.2 Å². The van der Waals surface area contributed by atoms with E-state index in [-0.39, 0.29) is 0 Å². The zero-order valence-corrected chi connectivity index (χ0v) is 11.7. The minimum absolute atomic E-state index is 0.485. The third-order valence-electron chi connectivity index (χ3n) is 2.43. The van der Waals surface area contributed by atoms with E-state index in [9.17, 15) is 0 Å². The second-order valence-electron chi connectivity index (χ2n) is 3.64. The highest BCUT2D eigenvalue weighted by atomic mass is 79.9. The van der Waals surface area contributed by atoms with Crippen molar-refractivity contribution >= 4 is 27.5 Å². The van der Waals surface area contributed by atoms with Crippen LogP contribution in [-0.2, 0) is 12.4 Å². The van der Waals surface area contributed by atoms with Gasteiger partial charge in [0, 0.05) is 16.2 Å². The van der Waals surface area contributed by atoms with Crippen LogP contribution in [0, 0.1) is 0 Å². The molecule has 0 aliphatic carbocycles. The molecule has 3 nitrogen and oxygen atoms in total. The normalized spacial score (nSPS) is 10.5. The van der Waals surface area contributed by atoms with Gasteiger partial charge in [-0.3, -0.25) is 4.68 Å². The van der Waals surface area contributed by atoms with Gasteiger partial charge in [0.15, 0.2) is 0 Å². The first-order valence-corrected chi connectivity index (χ1v) is 6.45.